The van der Waals surface area contributed by atoms with Crippen LogP contribution in [-0.4, -0.2) is 5.11 Å². The zero-order chi connectivity index (χ0) is 23.1. The average molecular weight is 447 g/mol. The fourth-order valence-corrected chi connectivity index (χ4v) is 5.66. The van der Waals surface area contributed by atoms with Crippen LogP contribution >= 0.6 is 0 Å². The molecule has 2 aliphatic carbocycles. The summed E-state index contributed by atoms with van der Waals surface area (Å²) in [6, 6.07) is 23.5. The molecule has 4 aromatic carbocycles. The van der Waals surface area contributed by atoms with Gasteiger partial charge in [-0.25, -0.2) is 4.39 Å². The van der Waals surface area contributed by atoms with Crippen molar-refractivity contribution in [2.75, 3.05) is 0 Å². The van der Waals surface area contributed by atoms with Gasteiger partial charge in [-0.2, -0.15) is 0 Å². The van der Waals surface area contributed by atoms with E-state index in [-0.39, 0.29) is 11.6 Å². The molecule has 0 aromatic heterocycles. The Kier molecular flexibility index (Phi) is 5.30. The predicted octanol–water partition coefficient (Wildman–Crippen LogP) is 8.19. The quantitative estimate of drug-likeness (QED) is 0.335. The van der Waals surface area contributed by atoms with E-state index in [4.69, 9.17) is 0 Å². The van der Waals surface area contributed by atoms with E-state index in [0.717, 1.165) is 48.8 Å². The fraction of sp³-hybridized carbons (Fsp3) is 0.188. The van der Waals surface area contributed by atoms with Crippen LogP contribution in [0.5, 0.6) is 5.75 Å². The molecule has 0 aliphatic heterocycles. The molecule has 4 aromatic rings. The summed E-state index contributed by atoms with van der Waals surface area (Å²) in [6.45, 7) is 0. The average Bonchev–Trinajstić information content (AvgIpc) is 2.87. The van der Waals surface area contributed by atoms with Crippen LogP contribution in [0.3, 0.4) is 0 Å². The minimum Gasteiger partial charge on any atom is -0.507 e. The van der Waals surface area contributed by atoms with Crippen molar-refractivity contribution in [1.82, 2.24) is 0 Å². The van der Waals surface area contributed by atoms with Gasteiger partial charge in [0.1, 0.15) is 11.6 Å². The maximum Gasteiger partial charge on any atom is 0.123 e. The van der Waals surface area contributed by atoms with Crippen LogP contribution in [0.1, 0.15) is 41.5 Å². The highest BCUT2D eigenvalue weighted by Gasteiger charge is 2.22. The zero-order valence-electron chi connectivity index (χ0n) is 19.2. The summed E-state index contributed by atoms with van der Waals surface area (Å²) in [6.07, 6.45) is 10.7. The summed E-state index contributed by atoms with van der Waals surface area (Å²) in [7, 11) is 0. The number of phenolic OH excluding ortho intramolecular Hbond substituents is 1. The lowest BCUT2D eigenvalue weighted by Crippen LogP contribution is -2.07. The number of fused-ring (bicyclic) bond motifs is 4. The highest BCUT2D eigenvalue weighted by molar-refractivity contribution is 5.97. The van der Waals surface area contributed by atoms with Gasteiger partial charge in [-0.1, -0.05) is 66.3 Å². The SMILES string of the molecule is Oc1ccccc1-c1cc2ccc3c(c2cc1CCc1cccc(F)c1)CCC1=C3C=CCC1. The van der Waals surface area contributed by atoms with Gasteiger partial charge in [-0.3, -0.25) is 0 Å². The maximum atomic E-state index is 13.8. The van der Waals surface area contributed by atoms with Gasteiger partial charge in [0.2, 0.25) is 0 Å². The summed E-state index contributed by atoms with van der Waals surface area (Å²) < 4.78 is 13.8. The van der Waals surface area contributed by atoms with Crippen molar-refractivity contribution < 1.29 is 9.50 Å². The second kappa shape index (κ2) is 8.61. The molecule has 2 heteroatoms. The standard InChI is InChI=1S/C32H27FO/c33-25-8-5-6-21(18-25)12-13-23-19-30-24(20-31(23)29-10-3-4-11-32(29)34)15-17-27-26-9-2-1-7-22(26)14-16-28(27)30/h2-6,8-11,15,17-20,34H,1,7,12-14,16H2. The number of aromatic hydroxyl groups is 1. The Morgan fingerprint density at radius 1 is 0.765 bits per heavy atom. The predicted molar refractivity (Wildman–Crippen MR) is 138 cm³/mol. The molecule has 0 spiro atoms. The van der Waals surface area contributed by atoms with Gasteiger partial charge in [0.25, 0.3) is 0 Å². The van der Waals surface area contributed by atoms with Gasteiger partial charge in [-0.15, -0.1) is 0 Å². The number of hydrogen-bond donors (Lipinski definition) is 1. The minimum atomic E-state index is -0.198. The third-order valence-corrected chi connectivity index (χ3v) is 7.37. The van der Waals surface area contributed by atoms with E-state index in [9.17, 15) is 9.50 Å². The number of para-hydroxylation sites is 1. The van der Waals surface area contributed by atoms with Crippen molar-refractivity contribution in [1.29, 1.82) is 0 Å². The van der Waals surface area contributed by atoms with Crippen molar-refractivity contribution >= 4 is 16.3 Å². The van der Waals surface area contributed by atoms with Crippen LogP contribution in [0.2, 0.25) is 0 Å². The normalized spacial score (nSPS) is 14.9. The summed E-state index contributed by atoms with van der Waals surface area (Å²) >= 11 is 0. The molecule has 1 N–H and O–H groups in total. The summed E-state index contributed by atoms with van der Waals surface area (Å²) in [5.74, 6) is 0.0876. The molecular formula is C32H27FO. The lowest BCUT2D eigenvalue weighted by molar-refractivity contribution is 0.477. The van der Waals surface area contributed by atoms with Crippen molar-refractivity contribution in [3.8, 4) is 16.9 Å². The van der Waals surface area contributed by atoms with Gasteiger partial charge in [0.15, 0.2) is 0 Å². The molecule has 0 fully saturated rings. The van der Waals surface area contributed by atoms with Crippen molar-refractivity contribution in [3.63, 3.8) is 0 Å². The first-order chi connectivity index (χ1) is 16.7. The Labute approximate surface area is 199 Å². The molecule has 0 radical (unpaired) electrons. The zero-order valence-corrected chi connectivity index (χ0v) is 19.2. The molecular weight excluding hydrogens is 419 g/mol. The summed E-state index contributed by atoms with van der Waals surface area (Å²) in [5.41, 5.74) is 9.87. The van der Waals surface area contributed by atoms with Gasteiger partial charge >= 0.3 is 0 Å². The fourth-order valence-electron chi connectivity index (χ4n) is 5.66. The van der Waals surface area contributed by atoms with E-state index in [2.05, 4.69) is 36.4 Å². The summed E-state index contributed by atoms with van der Waals surface area (Å²) in [5, 5.41) is 13.1. The number of rotatable bonds is 4. The number of hydrogen-bond acceptors (Lipinski definition) is 1. The Morgan fingerprint density at radius 2 is 1.68 bits per heavy atom. The molecule has 0 saturated carbocycles. The number of allylic oxidation sites excluding steroid dienone is 4. The third-order valence-electron chi connectivity index (χ3n) is 7.37. The van der Waals surface area contributed by atoms with E-state index in [1.165, 1.54) is 45.5 Å². The smallest absolute Gasteiger partial charge is 0.123 e. The van der Waals surface area contributed by atoms with Crippen LogP contribution in [-0.2, 0) is 19.3 Å². The molecule has 34 heavy (non-hydrogen) atoms. The first-order valence-corrected chi connectivity index (χ1v) is 12.2. The Hall–Kier alpha value is -3.65. The summed E-state index contributed by atoms with van der Waals surface area (Å²) in [4.78, 5) is 0. The topological polar surface area (TPSA) is 20.2 Å². The third kappa shape index (κ3) is 3.74. The highest BCUT2D eigenvalue weighted by Crippen LogP contribution is 2.42. The highest BCUT2D eigenvalue weighted by atomic mass is 19.1. The van der Waals surface area contributed by atoms with Crippen LogP contribution < -0.4 is 0 Å². The lowest BCUT2D eigenvalue weighted by Gasteiger charge is -2.26. The molecule has 0 unspecified atom stereocenters. The monoisotopic (exact) mass is 446 g/mol. The Bertz CT molecular complexity index is 1470. The number of benzene rings is 4. The molecule has 168 valence electrons. The van der Waals surface area contributed by atoms with Crippen molar-refractivity contribution in [3.05, 3.63) is 119 Å². The molecule has 0 amide bonds. The van der Waals surface area contributed by atoms with Gasteiger partial charge < -0.3 is 5.11 Å². The first-order valence-electron chi connectivity index (χ1n) is 12.2. The number of aryl methyl sites for hydroxylation is 3. The van der Waals surface area contributed by atoms with Gasteiger partial charge in [0.05, 0.1) is 0 Å². The van der Waals surface area contributed by atoms with E-state index in [1.54, 1.807) is 23.8 Å². The lowest BCUT2D eigenvalue weighted by atomic mass is 9.79. The number of phenols is 1. The molecule has 1 nitrogen and oxygen atoms in total. The van der Waals surface area contributed by atoms with E-state index < -0.39 is 0 Å². The molecule has 0 atom stereocenters. The largest absolute Gasteiger partial charge is 0.507 e. The van der Waals surface area contributed by atoms with E-state index in [0.29, 0.717) is 0 Å². The van der Waals surface area contributed by atoms with Gasteiger partial charge in [0, 0.05) is 5.56 Å². The molecule has 6 rings (SSSR count). The Morgan fingerprint density at radius 3 is 2.56 bits per heavy atom. The minimum absolute atomic E-state index is 0.198. The number of halogens is 1. The van der Waals surface area contributed by atoms with E-state index >= 15 is 0 Å². The van der Waals surface area contributed by atoms with Gasteiger partial charge in [-0.05, 0) is 107 Å². The van der Waals surface area contributed by atoms with Crippen LogP contribution in [0.4, 0.5) is 4.39 Å². The maximum absolute atomic E-state index is 13.8. The molecule has 2 aliphatic rings. The van der Waals surface area contributed by atoms with Crippen molar-refractivity contribution in [2.24, 2.45) is 0 Å². The van der Waals surface area contributed by atoms with Crippen LogP contribution in [0.25, 0.3) is 27.5 Å². The van der Waals surface area contributed by atoms with Crippen LogP contribution in [0.15, 0.2) is 90.5 Å². The first kappa shape index (κ1) is 20.9. The molecule has 0 saturated heterocycles. The van der Waals surface area contributed by atoms with Crippen LogP contribution in [0, 0.1) is 5.82 Å². The second-order valence-corrected chi connectivity index (χ2v) is 9.43. The van der Waals surface area contributed by atoms with Crippen molar-refractivity contribution in [2.45, 2.75) is 38.5 Å². The molecule has 0 heterocycles. The molecule has 0 bridgehead atoms. The van der Waals surface area contributed by atoms with E-state index in [1.807, 2.05) is 24.3 Å². The second-order valence-electron chi connectivity index (χ2n) is 9.43. The Balaban J connectivity index is 1.50.